The summed E-state index contributed by atoms with van der Waals surface area (Å²) in [6.07, 6.45) is 3.12. The van der Waals surface area contributed by atoms with Crippen LogP contribution in [-0.2, 0) is 16.6 Å². The molecule has 2 heterocycles. The van der Waals surface area contributed by atoms with Crippen molar-refractivity contribution in [3.05, 3.63) is 30.3 Å². The highest BCUT2D eigenvalue weighted by Crippen LogP contribution is 2.19. The molecule has 21 heavy (non-hydrogen) atoms. The van der Waals surface area contributed by atoms with Gasteiger partial charge in [0.25, 0.3) is 10.0 Å². The third-order valence-corrected chi connectivity index (χ3v) is 4.09. The van der Waals surface area contributed by atoms with Gasteiger partial charge in [-0.1, -0.05) is 6.92 Å². The highest BCUT2D eigenvalue weighted by molar-refractivity contribution is 7.92. The first-order valence-electron chi connectivity index (χ1n) is 6.78. The first kappa shape index (κ1) is 15.6. The Morgan fingerprint density at radius 2 is 2.14 bits per heavy atom. The maximum Gasteiger partial charge on any atom is 0.295 e. The molecule has 0 aromatic carbocycles. The zero-order valence-electron chi connectivity index (χ0n) is 12.3. The molecule has 7 nitrogen and oxygen atoms in total. The Kier molecular flexibility index (Phi) is 4.69. The van der Waals surface area contributed by atoms with Gasteiger partial charge in [-0.05, 0) is 32.5 Å². The largest absolute Gasteiger partial charge is 0.446 e. The van der Waals surface area contributed by atoms with Gasteiger partial charge in [0.2, 0.25) is 5.09 Å². The van der Waals surface area contributed by atoms with Gasteiger partial charge in [-0.25, -0.2) is 0 Å². The van der Waals surface area contributed by atoms with Crippen molar-refractivity contribution in [2.45, 2.75) is 38.5 Å². The standard InChI is InChI=1S/C13H20N4O3S/c1-4-14-8-12-5-6-13(20-12)21(18,19)16-11-7-15-17(9-11)10(2)3/h5-7,9-10,14,16H,4,8H2,1-3H3. The number of nitrogens with one attached hydrogen (secondary N) is 2. The Labute approximate surface area is 124 Å². The van der Waals surface area contributed by atoms with Crippen LogP contribution < -0.4 is 10.0 Å². The van der Waals surface area contributed by atoms with Crippen LogP contribution in [0.4, 0.5) is 5.69 Å². The van der Waals surface area contributed by atoms with Crippen LogP contribution in [0.15, 0.2) is 34.0 Å². The molecule has 0 unspecified atom stereocenters. The lowest BCUT2D eigenvalue weighted by atomic mass is 10.4. The van der Waals surface area contributed by atoms with Crippen molar-refractivity contribution in [2.75, 3.05) is 11.3 Å². The minimum atomic E-state index is -3.73. The minimum Gasteiger partial charge on any atom is -0.446 e. The molecule has 0 amide bonds. The second kappa shape index (κ2) is 6.31. The fraction of sp³-hybridized carbons (Fsp3) is 0.462. The van der Waals surface area contributed by atoms with Crippen LogP contribution in [0.2, 0.25) is 0 Å². The van der Waals surface area contributed by atoms with Crippen LogP contribution in [0.1, 0.15) is 32.6 Å². The summed E-state index contributed by atoms with van der Waals surface area (Å²) in [5, 5.41) is 7.06. The molecule has 2 rings (SSSR count). The molecule has 116 valence electrons. The molecule has 2 aromatic heterocycles. The van der Waals surface area contributed by atoms with E-state index in [-0.39, 0.29) is 11.1 Å². The molecule has 0 aliphatic carbocycles. The summed E-state index contributed by atoms with van der Waals surface area (Å²) in [6.45, 7) is 7.18. The van der Waals surface area contributed by atoms with E-state index in [4.69, 9.17) is 4.42 Å². The van der Waals surface area contributed by atoms with Gasteiger partial charge in [-0.3, -0.25) is 9.40 Å². The lowest BCUT2D eigenvalue weighted by Crippen LogP contribution is -2.12. The van der Waals surface area contributed by atoms with Crippen molar-refractivity contribution >= 4 is 15.7 Å². The normalized spacial score (nSPS) is 12.0. The van der Waals surface area contributed by atoms with E-state index in [2.05, 4.69) is 15.1 Å². The molecule has 0 radical (unpaired) electrons. The first-order chi connectivity index (χ1) is 9.92. The summed E-state index contributed by atoms with van der Waals surface area (Å²) < 4.78 is 33.9. The van der Waals surface area contributed by atoms with Crippen LogP contribution in [0, 0.1) is 0 Å². The molecule has 0 saturated heterocycles. The maximum absolute atomic E-state index is 12.2. The third-order valence-electron chi connectivity index (χ3n) is 2.83. The highest BCUT2D eigenvalue weighted by Gasteiger charge is 2.19. The van der Waals surface area contributed by atoms with Gasteiger partial charge in [-0.15, -0.1) is 0 Å². The van der Waals surface area contributed by atoms with Crippen molar-refractivity contribution in [1.82, 2.24) is 15.1 Å². The topological polar surface area (TPSA) is 89.2 Å². The summed E-state index contributed by atoms with van der Waals surface area (Å²) in [5.74, 6) is 0.579. The van der Waals surface area contributed by atoms with E-state index >= 15 is 0 Å². The lowest BCUT2D eigenvalue weighted by Gasteiger charge is -2.04. The quantitative estimate of drug-likeness (QED) is 0.816. The monoisotopic (exact) mass is 312 g/mol. The van der Waals surface area contributed by atoms with Crippen LogP contribution in [0.5, 0.6) is 0 Å². The Hall–Kier alpha value is -1.80. The fourth-order valence-corrected chi connectivity index (χ4v) is 2.70. The SMILES string of the molecule is CCNCc1ccc(S(=O)(=O)Nc2cnn(C(C)C)c2)o1. The Morgan fingerprint density at radius 3 is 2.76 bits per heavy atom. The fourth-order valence-electron chi connectivity index (χ4n) is 1.72. The van der Waals surface area contributed by atoms with E-state index in [1.165, 1.54) is 12.3 Å². The van der Waals surface area contributed by atoms with Gasteiger partial charge in [0.15, 0.2) is 0 Å². The zero-order chi connectivity index (χ0) is 15.5. The Bertz CT molecular complexity index is 688. The number of rotatable bonds is 7. The van der Waals surface area contributed by atoms with Gasteiger partial charge in [0.1, 0.15) is 5.76 Å². The van der Waals surface area contributed by atoms with E-state index in [9.17, 15) is 8.42 Å². The van der Waals surface area contributed by atoms with E-state index < -0.39 is 10.0 Å². The first-order valence-corrected chi connectivity index (χ1v) is 8.27. The second-order valence-corrected chi connectivity index (χ2v) is 6.52. The van der Waals surface area contributed by atoms with Gasteiger partial charge < -0.3 is 9.73 Å². The molecule has 8 heteroatoms. The smallest absolute Gasteiger partial charge is 0.295 e. The van der Waals surface area contributed by atoms with Crippen molar-refractivity contribution < 1.29 is 12.8 Å². The molecule has 2 N–H and O–H groups in total. The Morgan fingerprint density at radius 1 is 1.38 bits per heavy atom. The van der Waals surface area contributed by atoms with Crippen LogP contribution in [-0.4, -0.2) is 24.7 Å². The van der Waals surface area contributed by atoms with Crippen LogP contribution in [0.25, 0.3) is 0 Å². The molecule has 0 bridgehead atoms. The molecule has 0 spiro atoms. The van der Waals surface area contributed by atoms with Crippen molar-refractivity contribution in [3.8, 4) is 0 Å². The predicted octanol–water partition coefficient (Wildman–Crippen LogP) is 1.97. The van der Waals surface area contributed by atoms with Gasteiger partial charge in [0, 0.05) is 12.2 Å². The predicted molar refractivity (Wildman–Crippen MR) is 79.5 cm³/mol. The van der Waals surface area contributed by atoms with E-state index in [1.807, 2.05) is 20.8 Å². The lowest BCUT2D eigenvalue weighted by molar-refractivity contribution is 0.405. The van der Waals surface area contributed by atoms with Gasteiger partial charge in [0.05, 0.1) is 18.4 Å². The van der Waals surface area contributed by atoms with Gasteiger partial charge in [-0.2, -0.15) is 13.5 Å². The number of aromatic nitrogens is 2. The molecule has 0 fully saturated rings. The summed E-state index contributed by atoms with van der Waals surface area (Å²) in [6, 6.07) is 3.26. The highest BCUT2D eigenvalue weighted by atomic mass is 32.2. The van der Waals surface area contributed by atoms with Crippen LogP contribution >= 0.6 is 0 Å². The average Bonchev–Trinajstić information content (AvgIpc) is 3.04. The van der Waals surface area contributed by atoms with Crippen molar-refractivity contribution in [1.29, 1.82) is 0 Å². The molecule has 2 aromatic rings. The molecule has 0 atom stereocenters. The average molecular weight is 312 g/mol. The molecule has 0 aliphatic rings. The number of anilines is 1. The molecule has 0 saturated carbocycles. The van der Waals surface area contributed by atoms with Gasteiger partial charge >= 0.3 is 0 Å². The van der Waals surface area contributed by atoms with Crippen molar-refractivity contribution in [3.63, 3.8) is 0 Å². The zero-order valence-corrected chi connectivity index (χ0v) is 13.1. The number of sulfonamides is 1. The Balaban J connectivity index is 2.11. The van der Waals surface area contributed by atoms with Crippen LogP contribution in [0.3, 0.4) is 0 Å². The molecule has 0 aliphatic heterocycles. The van der Waals surface area contributed by atoms with E-state index in [0.29, 0.717) is 18.0 Å². The minimum absolute atomic E-state index is 0.104. The summed E-state index contributed by atoms with van der Waals surface area (Å²) in [4.78, 5) is 0. The number of hydrogen-bond donors (Lipinski definition) is 2. The third kappa shape index (κ3) is 3.85. The molecular weight excluding hydrogens is 292 g/mol. The maximum atomic E-state index is 12.2. The molecular formula is C13H20N4O3S. The number of nitrogens with zero attached hydrogens (tertiary/aromatic N) is 2. The number of hydrogen-bond acceptors (Lipinski definition) is 5. The number of furan rings is 1. The second-order valence-electron chi connectivity index (χ2n) is 4.91. The summed E-state index contributed by atoms with van der Waals surface area (Å²) >= 11 is 0. The van der Waals surface area contributed by atoms with E-state index in [0.717, 1.165) is 6.54 Å². The van der Waals surface area contributed by atoms with E-state index in [1.54, 1.807) is 16.9 Å². The summed E-state index contributed by atoms with van der Waals surface area (Å²) in [7, 11) is -3.73. The summed E-state index contributed by atoms with van der Waals surface area (Å²) in [5.41, 5.74) is 0.410. The van der Waals surface area contributed by atoms with Crippen molar-refractivity contribution in [2.24, 2.45) is 0 Å².